The summed E-state index contributed by atoms with van der Waals surface area (Å²) >= 11 is 0. The maximum Gasteiger partial charge on any atom is 0.238 e. The van der Waals surface area contributed by atoms with Crippen molar-refractivity contribution in [1.82, 2.24) is 19.5 Å². The summed E-state index contributed by atoms with van der Waals surface area (Å²) in [6.07, 6.45) is 1.25. The number of nitrogens with zero attached hydrogens (tertiary/aromatic N) is 4. The molecule has 0 fully saturated rings. The zero-order valence-electron chi connectivity index (χ0n) is 33.9. The number of aromatic nitrogens is 4. The van der Waals surface area contributed by atoms with E-state index in [-0.39, 0.29) is 0 Å². The summed E-state index contributed by atoms with van der Waals surface area (Å²) in [7, 11) is 0. The third-order valence-electron chi connectivity index (χ3n) is 11.5. The lowest BCUT2D eigenvalue weighted by Crippen LogP contribution is -2.07. The standard InChI is InChI=1S/C53H32N4O.C3H8/c1-2-12-33(13-3-1)35-24-27-37(28-25-35)51-54-52(39-29-26-34-14-4-5-16-38(34)32-39)56-53(55-51)57-45-31-30-36-15-6-7-17-40(36)48(45)44-21-10-20-42(50(44)57)41-19-11-23-47-49(41)43-18-8-9-22-46(43)58-47;1-3-2/h1-32H;3H2,1-2H3. The van der Waals surface area contributed by atoms with E-state index in [1.807, 2.05) is 18.2 Å². The van der Waals surface area contributed by atoms with Crippen molar-refractivity contribution in [3.63, 3.8) is 0 Å². The van der Waals surface area contributed by atoms with E-state index in [4.69, 9.17) is 19.4 Å². The van der Waals surface area contributed by atoms with Crippen LogP contribution in [0.15, 0.2) is 199 Å². The van der Waals surface area contributed by atoms with Gasteiger partial charge in [0.1, 0.15) is 11.2 Å². The van der Waals surface area contributed by atoms with E-state index in [1.54, 1.807) is 0 Å². The Bertz CT molecular complexity index is 3580. The van der Waals surface area contributed by atoms with Crippen LogP contribution in [0.2, 0.25) is 0 Å². The third-order valence-corrected chi connectivity index (χ3v) is 11.5. The van der Waals surface area contributed by atoms with Crippen molar-refractivity contribution in [1.29, 1.82) is 0 Å². The van der Waals surface area contributed by atoms with Crippen LogP contribution in [0, 0.1) is 0 Å². The van der Waals surface area contributed by atoms with Crippen molar-refractivity contribution in [3.05, 3.63) is 194 Å². The van der Waals surface area contributed by atoms with E-state index in [1.165, 1.54) is 17.2 Å². The molecule has 0 amide bonds. The van der Waals surface area contributed by atoms with Crippen LogP contribution in [-0.2, 0) is 0 Å². The number of hydrogen-bond donors (Lipinski definition) is 0. The highest BCUT2D eigenvalue weighted by molar-refractivity contribution is 6.25. The molecular weight excluding hydrogens is 745 g/mol. The van der Waals surface area contributed by atoms with Crippen LogP contribution in [0.25, 0.3) is 116 Å². The summed E-state index contributed by atoms with van der Waals surface area (Å²) < 4.78 is 8.67. The van der Waals surface area contributed by atoms with Gasteiger partial charge >= 0.3 is 0 Å². The fourth-order valence-electron chi connectivity index (χ4n) is 8.75. The molecule has 61 heavy (non-hydrogen) atoms. The molecular formula is C56H40N4O. The second kappa shape index (κ2) is 15.0. The fraction of sp³-hybridized carbons (Fsp3) is 0.0536. The summed E-state index contributed by atoms with van der Waals surface area (Å²) in [6.45, 7) is 4.25. The molecule has 3 heterocycles. The van der Waals surface area contributed by atoms with Gasteiger partial charge in [0.2, 0.25) is 5.95 Å². The third kappa shape index (κ3) is 6.21. The molecule has 3 aromatic heterocycles. The number of furan rings is 1. The van der Waals surface area contributed by atoms with Crippen molar-refractivity contribution in [2.24, 2.45) is 0 Å². The molecule has 9 aromatic carbocycles. The highest BCUT2D eigenvalue weighted by Crippen LogP contribution is 2.44. The minimum atomic E-state index is 0.548. The van der Waals surface area contributed by atoms with Gasteiger partial charge in [0.05, 0.1) is 11.0 Å². The molecule has 12 aromatic rings. The Labute approximate surface area is 353 Å². The summed E-state index contributed by atoms with van der Waals surface area (Å²) in [5.41, 5.74) is 10.0. The Morgan fingerprint density at radius 1 is 0.410 bits per heavy atom. The minimum Gasteiger partial charge on any atom is -0.456 e. The maximum atomic E-state index is 6.41. The molecule has 0 aliphatic rings. The average molecular weight is 785 g/mol. The normalized spacial score (nSPS) is 11.5. The molecule has 0 N–H and O–H groups in total. The van der Waals surface area contributed by atoms with Gasteiger partial charge in [0.15, 0.2) is 11.6 Å². The number of para-hydroxylation sites is 2. The van der Waals surface area contributed by atoms with Gasteiger partial charge in [-0.15, -0.1) is 0 Å². The van der Waals surface area contributed by atoms with Gasteiger partial charge in [-0.25, -0.2) is 4.98 Å². The molecule has 0 saturated carbocycles. The second-order valence-corrected chi connectivity index (χ2v) is 15.5. The molecule has 0 atom stereocenters. The Morgan fingerprint density at radius 2 is 0.984 bits per heavy atom. The van der Waals surface area contributed by atoms with E-state index in [0.29, 0.717) is 17.6 Å². The van der Waals surface area contributed by atoms with Gasteiger partial charge in [-0.2, -0.15) is 9.97 Å². The molecule has 5 heteroatoms. The summed E-state index contributed by atoms with van der Waals surface area (Å²) in [5.74, 6) is 1.75. The lowest BCUT2D eigenvalue weighted by molar-refractivity contribution is 0.669. The van der Waals surface area contributed by atoms with Gasteiger partial charge in [-0.05, 0) is 62.5 Å². The molecule has 0 saturated heterocycles. The summed E-state index contributed by atoms with van der Waals surface area (Å²) in [4.78, 5) is 16.0. The highest BCUT2D eigenvalue weighted by atomic mass is 16.3. The van der Waals surface area contributed by atoms with Gasteiger partial charge in [-0.3, -0.25) is 4.57 Å². The maximum absolute atomic E-state index is 6.41. The van der Waals surface area contributed by atoms with Gasteiger partial charge < -0.3 is 4.42 Å². The van der Waals surface area contributed by atoms with Crippen LogP contribution in [0.5, 0.6) is 0 Å². The first kappa shape index (κ1) is 36.2. The largest absolute Gasteiger partial charge is 0.456 e. The Balaban J connectivity index is 0.00000136. The van der Waals surface area contributed by atoms with Crippen molar-refractivity contribution < 1.29 is 4.42 Å². The van der Waals surface area contributed by atoms with Crippen LogP contribution >= 0.6 is 0 Å². The predicted molar refractivity (Wildman–Crippen MR) is 254 cm³/mol. The molecule has 12 rings (SSSR count). The quantitative estimate of drug-likeness (QED) is 0.174. The Hall–Kier alpha value is -7.89. The van der Waals surface area contributed by atoms with Crippen LogP contribution < -0.4 is 0 Å². The first-order valence-corrected chi connectivity index (χ1v) is 20.9. The molecule has 0 bridgehead atoms. The van der Waals surface area contributed by atoms with E-state index in [0.717, 1.165) is 87.9 Å². The van der Waals surface area contributed by atoms with E-state index in [2.05, 4.69) is 194 Å². The minimum absolute atomic E-state index is 0.548. The Morgan fingerprint density at radius 3 is 1.80 bits per heavy atom. The Kier molecular flexibility index (Phi) is 8.93. The van der Waals surface area contributed by atoms with Gasteiger partial charge in [-0.1, -0.05) is 190 Å². The SMILES string of the molecule is CCC.c1ccc(-c2ccc(-c3nc(-c4ccc5ccccc5c4)nc(-n4c5ccc6ccccc6c5c5cccc(-c6cccc7oc8ccccc8c67)c54)n3)cc2)cc1. The van der Waals surface area contributed by atoms with Gasteiger partial charge in [0.25, 0.3) is 0 Å². The molecule has 0 aliphatic carbocycles. The van der Waals surface area contributed by atoms with Crippen molar-refractivity contribution in [2.45, 2.75) is 20.3 Å². The van der Waals surface area contributed by atoms with Crippen LogP contribution in [0.4, 0.5) is 0 Å². The smallest absolute Gasteiger partial charge is 0.238 e. The van der Waals surface area contributed by atoms with Crippen molar-refractivity contribution in [3.8, 4) is 51.0 Å². The molecule has 5 nitrogen and oxygen atoms in total. The first-order valence-electron chi connectivity index (χ1n) is 20.9. The number of fused-ring (bicyclic) bond motifs is 9. The average Bonchev–Trinajstić information content (AvgIpc) is 3.88. The number of hydrogen-bond acceptors (Lipinski definition) is 4. The molecule has 0 unspecified atom stereocenters. The van der Waals surface area contributed by atoms with Crippen molar-refractivity contribution in [2.75, 3.05) is 0 Å². The lowest BCUT2D eigenvalue weighted by atomic mass is 9.96. The predicted octanol–water partition coefficient (Wildman–Crippen LogP) is 15.3. The van der Waals surface area contributed by atoms with Crippen LogP contribution in [0.1, 0.15) is 20.3 Å². The summed E-state index contributed by atoms with van der Waals surface area (Å²) in [6, 6.07) is 68.0. The topological polar surface area (TPSA) is 56.7 Å². The zero-order valence-corrected chi connectivity index (χ0v) is 33.9. The van der Waals surface area contributed by atoms with Crippen LogP contribution in [-0.4, -0.2) is 19.5 Å². The zero-order chi connectivity index (χ0) is 40.9. The highest BCUT2D eigenvalue weighted by Gasteiger charge is 2.23. The fourth-order valence-corrected chi connectivity index (χ4v) is 8.75. The summed E-state index contributed by atoms with van der Waals surface area (Å²) in [5, 5.41) is 9.08. The molecule has 0 spiro atoms. The molecule has 290 valence electrons. The molecule has 0 radical (unpaired) electrons. The van der Waals surface area contributed by atoms with E-state index >= 15 is 0 Å². The van der Waals surface area contributed by atoms with E-state index in [9.17, 15) is 0 Å². The van der Waals surface area contributed by atoms with Gasteiger partial charge in [0, 0.05) is 38.2 Å². The second-order valence-electron chi connectivity index (χ2n) is 15.5. The first-order chi connectivity index (χ1) is 30.2. The van der Waals surface area contributed by atoms with Crippen LogP contribution in [0.3, 0.4) is 0 Å². The number of benzene rings is 9. The molecule has 0 aliphatic heterocycles. The number of rotatable bonds is 5. The van der Waals surface area contributed by atoms with E-state index < -0.39 is 0 Å². The lowest BCUT2D eigenvalue weighted by Gasteiger charge is -2.14. The van der Waals surface area contributed by atoms with Crippen molar-refractivity contribution >= 4 is 65.3 Å². The monoisotopic (exact) mass is 784 g/mol.